The molecule has 108 valence electrons. The lowest BCUT2D eigenvalue weighted by atomic mass is 10.3. The van der Waals surface area contributed by atoms with Crippen LogP contribution in [0.15, 0.2) is 0 Å². The molecule has 0 spiro atoms. The zero-order valence-electron chi connectivity index (χ0n) is 11.7. The maximum Gasteiger partial charge on any atom is 0.282 e. The van der Waals surface area contributed by atoms with Gasteiger partial charge in [-0.1, -0.05) is 0 Å². The van der Waals surface area contributed by atoms with Gasteiger partial charge in [0.05, 0.1) is 0 Å². The molecule has 1 fully saturated rings. The molecule has 1 aliphatic rings. The zero-order valence-corrected chi connectivity index (χ0v) is 12.5. The van der Waals surface area contributed by atoms with E-state index in [2.05, 4.69) is 4.90 Å². The molecule has 0 saturated carbocycles. The van der Waals surface area contributed by atoms with E-state index in [-0.39, 0.29) is 6.04 Å². The van der Waals surface area contributed by atoms with Gasteiger partial charge in [-0.3, -0.25) is 0 Å². The lowest BCUT2D eigenvalue weighted by Gasteiger charge is -2.31. The molecule has 0 radical (unpaired) electrons. The topological polar surface area (TPSA) is 69.9 Å². The van der Waals surface area contributed by atoms with Gasteiger partial charge in [-0.05, 0) is 39.9 Å². The third-order valence-electron chi connectivity index (χ3n) is 3.35. The van der Waals surface area contributed by atoms with Gasteiger partial charge in [0, 0.05) is 32.7 Å². The van der Waals surface area contributed by atoms with Crippen molar-refractivity contribution in [3.05, 3.63) is 0 Å². The maximum absolute atomic E-state index is 12.5. The molecule has 1 rings (SSSR count). The Kier molecular flexibility index (Phi) is 6.00. The van der Waals surface area contributed by atoms with E-state index in [4.69, 9.17) is 5.73 Å². The Hall–Kier alpha value is -0.210. The summed E-state index contributed by atoms with van der Waals surface area (Å²) in [5, 5.41) is 0. The van der Waals surface area contributed by atoms with Crippen molar-refractivity contribution in [3.63, 3.8) is 0 Å². The number of hydrogen-bond donors (Lipinski definition) is 1. The maximum atomic E-state index is 12.5. The van der Waals surface area contributed by atoms with Crippen molar-refractivity contribution in [3.8, 4) is 0 Å². The Morgan fingerprint density at radius 2 is 2.06 bits per heavy atom. The minimum atomic E-state index is -3.35. The van der Waals surface area contributed by atoms with Crippen molar-refractivity contribution in [2.45, 2.75) is 25.8 Å². The highest BCUT2D eigenvalue weighted by Gasteiger charge is 2.32. The number of rotatable bonds is 5. The minimum absolute atomic E-state index is 0.0165. The van der Waals surface area contributed by atoms with E-state index < -0.39 is 10.2 Å². The Labute approximate surface area is 111 Å². The molecule has 0 aliphatic carbocycles. The fourth-order valence-electron chi connectivity index (χ4n) is 2.30. The number of nitrogens with zero attached hydrogens (tertiary/aromatic N) is 3. The largest absolute Gasteiger partial charge is 0.330 e. The summed E-state index contributed by atoms with van der Waals surface area (Å²) in [7, 11) is 0.318. The first-order valence-electron chi connectivity index (χ1n) is 6.51. The molecule has 0 aromatic heterocycles. The summed E-state index contributed by atoms with van der Waals surface area (Å²) in [6.45, 7) is 5.29. The van der Waals surface area contributed by atoms with Crippen LogP contribution in [0.25, 0.3) is 0 Å². The lowest BCUT2D eigenvalue weighted by Crippen LogP contribution is -2.48. The zero-order chi connectivity index (χ0) is 13.8. The highest BCUT2D eigenvalue weighted by Crippen LogP contribution is 2.16. The van der Waals surface area contributed by atoms with Crippen molar-refractivity contribution in [2.75, 3.05) is 46.8 Å². The molecule has 0 bridgehead atoms. The van der Waals surface area contributed by atoms with Crippen LogP contribution in [0.1, 0.15) is 19.8 Å². The number of nitrogens with two attached hydrogens (primary N) is 1. The quantitative estimate of drug-likeness (QED) is 0.739. The highest BCUT2D eigenvalue weighted by molar-refractivity contribution is 7.86. The molecule has 7 heteroatoms. The van der Waals surface area contributed by atoms with Gasteiger partial charge >= 0.3 is 0 Å². The number of hydrogen-bond acceptors (Lipinski definition) is 4. The second-order valence-electron chi connectivity index (χ2n) is 5.05. The van der Waals surface area contributed by atoms with Crippen LogP contribution in [0, 0.1) is 0 Å². The summed E-state index contributed by atoms with van der Waals surface area (Å²) in [4.78, 5) is 2.18. The molecular formula is C11H26N4O2S. The second-order valence-corrected chi connectivity index (χ2v) is 7.04. The SMILES string of the molecule is CC1CN(C)CCCN1S(=O)(=O)N(C)CCCN. The molecule has 1 unspecified atom stereocenters. The van der Waals surface area contributed by atoms with E-state index in [0.29, 0.717) is 26.1 Å². The van der Waals surface area contributed by atoms with Crippen LogP contribution in [-0.4, -0.2) is 74.8 Å². The normalized spacial score (nSPS) is 24.4. The molecule has 1 atom stereocenters. The third kappa shape index (κ3) is 3.89. The fourth-order valence-corrected chi connectivity index (χ4v) is 3.90. The molecule has 18 heavy (non-hydrogen) atoms. The molecule has 0 aromatic rings. The predicted octanol–water partition coefficient (Wildman–Crippen LogP) is -0.462. The first kappa shape index (κ1) is 15.8. The average molecular weight is 278 g/mol. The smallest absolute Gasteiger partial charge is 0.282 e. The number of likely N-dealkylation sites (N-methyl/N-ethyl adjacent to an activating group) is 1. The third-order valence-corrected chi connectivity index (χ3v) is 5.46. The Morgan fingerprint density at radius 3 is 2.67 bits per heavy atom. The van der Waals surface area contributed by atoms with E-state index in [1.54, 1.807) is 11.4 Å². The van der Waals surface area contributed by atoms with Crippen LogP contribution in [0.5, 0.6) is 0 Å². The van der Waals surface area contributed by atoms with Crippen LogP contribution in [0.2, 0.25) is 0 Å². The summed E-state index contributed by atoms with van der Waals surface area (Å²) in [6.07, 6.45) is 1.57. The van der Waals surface area contributed by atoms with E-state index in [0.717, 1.165) is 19.5 Å². The van der Waals surface area contributed by atoms with Crippen LogP contribution in [-0.2, 0) is 10.2 Å². The summed E-state index contributed by atoms with van der Waals surface area (Å²) < 4.78 is 27.9. The predicted molar refractivity (Wildman–Crippen MR) is 73.5 cm³/mol. The summed E-state index contributed by atoms with van der Waals surface area (Å²) in [5.74, 6) is 0. The highest BCUT2D eigenvalue weighted by atomic mass is 32.2. The van der Waals surface area contributed by atoms with E-state index in [9.17, 15) is 8.42 Å². The van der Waals surface area contributed by atoms with Crippen molar-refractivity contribution in [2.24, 2.45) is 5.73 Å². The first-order valence-corrected chi connectivity index (χ1v) is 7.91. The van der Waals surface area contributed by atoms with Gasteiger partial charge < -0.3 is 10.6 Å². The lowest BCUT2D eigenvalue weighted by molar-refractivity contribution is 0.277. The molecule has 0 amide bonds. The average Bonchev–Trinajstić information content (AvgIpc) is 2.46. The summed E-state index contributed by atoms with van der Waals surface area (Å²) in [6, 6.07) is 0.0165. The van der Waals surface area contributed by atoms with Crippen LogP contribution in [0.4, 0.5) is 0 Å². The van der Waals surface area contributed by atoms with Crippen LogP contribution in [0.3, 0.4) is 0 Å². The first-order chi connectivity index (χ1) is 8.39. The molecule has 1 aliphatic heterocycles. The van der Waals surface area contributed by atoms with Gasteiger partial charge in [-0.2, -0.15) is 17.0 Å². The van der Waals surface area contributed by atoms with Crippen molar-refractivity contribution >= 4 is 10.2 Å². The van der Waals surface area contributed by atoms with Gasteiger partial charge in [-0.15, -0.1) is 0 Å². The van der Waals surface area contributed by atoms with Gasteiger partial charge in [0.25, 0.3) is 10.2 Å². The Bertz CT molecular complexity index is 347. The van der Waals surface area contributed by atoms with E-state index in [1.807, 2.05) is 14.0 Å². The van der Waals surface area contributed by atoms with Gasteiger partial charge in [-0.25, -0.2) is 0 Å². The fraction of sp³-hybridized carbons (Fsp3) is 1.00. The molecule has 2 N–H and O–H groups in total. The molecule has 1 heterocycles. The van der Waals surface area contributed by atoms with Crippen LogP contribution < -0.4 is 5.73 Å². The summed E-state index contributed by atoms with van der Waals surface area (Å²) >= 11 is 0. The molecular weight excluding hydrogens is 252 g/mol. The molecule has 0 aromatic carbocycles. The van der Waals surface area contributed by atoms with Crippen molar-refractivity contribution < 1.29 is 8.42 Å². The Balaban J connectivity index is 2.76. The van der Waals surface area contributed by atoms with E-state index in [1.165, 1.54) is 4.31 Å². The van der Waals surface area contributed by atoms with Crippen LogP contribution >= 0.6 is 0 Å². The van der Waals surface area contributed by atoms with Gasteiger partial charge in [0.15, 0.2) is 0 Å². The monoisotopic (exact) mass is 278 g/mol. The minimum Gasteiger partial charge on any atom is -0.330 e. The van der Waals surface area contributed by atoms with Crippen molar-refractivity contribution in [1.29, 1.82) is 0 Å². The Morgan fingerprint density at radius 1 is 1.39 bits per heavy atom. The standard InChI is InChI=1S/C11H26N4O2S/c1-11-10-13(2)7-5-9-15(11)18(16,17)14(3)8-4-6-12/h11H,4-10,12H2,1-3H3. The van der Waals surface area contributed by atoms with E-state index >= 15 is 0 Å². The molecule has 6 nitrogen and oxygen atoms in total. The van der Waals surface area contributed by atoms with Gasteiger partial charge in [0.1, 0.15) is 0 Å². The molecule has 1 saturated heterocycles. The second kappa shape index (κ2) is 6.81. The summed E-state index contributed by atoms with van der Waals surface area (Å²) in [5.41, 5.74) is 5.43. The van der Waals surface area contributed by atoms with Crippen molar-refractivity contribution in [1.82, 2.24) is 13.5 Å². The van der Waals surface area contributed by atoms with Gasteiger partial charge in [0.2, 0.25) is 0 Å².